The van der Waals surface area contributed by atoms with Gasteiger partial charge in [0.1, 0.15) is 0 Å². The molecule has 1 aromatic rings. The average molecular weight is 281 g/mol. The molecule has 0 spiro atoms. The van der Waals surface area contributed by atoms with Gasteiger partial charge in [-0.3, -0.25) is 4.79 Å². The molecular formula is C13H23N5O2. The Balaban J connectivity index is 1.65. The number of anilines is 1. The van der Waals surface area contributed by atoms with Crippen LogP contribution in [0.25, 0.3) is 0 Å². The molecule has 1 fully saturated rings. The lowest BCUT2D eigenvalue weighted by molar-refractivity contribution is -0.120. The van der Waals surface area contributed by atoms with Gasteiger partial charge in [-0.15, -0.1) is 5.10 Å². The fraction of sp³-hybridized carbons (Fsp3) is 0.769. The monoisotopic (exact) mass is 281 g/mol. The van der Waals surface area contributed by atoms with Crippen molar-refractivity contribution in [2.75, 3.05) is 11.9 Å². The molecule has 0 atom stereocenters. The van der Waals surface area contributed by atoms with Gasteiger partial charge in [0.25, 0.3) is 0 Å². The summed E-state index contributed by atoms with van der Waals surface area (Å²) in [6.45, 7) is 7.23. The van der Waals surface area contributed by atoms with Crippen LogP contribution in [0, 0.1) is 0 Å². The molecule has 1 saturated carbocycles. The van der Waals surface area contributed by atoms with Crippen molar-refractivity contribution in [1.82, 2.24) is 20.8 Å². The normalized spacial score (nSPS) is 15.2. The van der Waals surface area contributed by atoms with E-state index in [-0.39, 0.29) is 11.4 Å². The van der Waals surface area contributed by atoms with Gasteiger partial charge in [0, 0.05) is 24.5 Å². The molecule has 112 valence electrons. The first-order chi connectivity index (χ1) is 9.42. The molecule has 1 aromatic heterocycles. The van der Waals surface area contributed by atoms with Crippen LogP contribution in [-0.2, 0) is 11.3 Å². The van der Waals surface area contributed by atoms with Crippen molar-refractivity contribution < 1.29 is 9.21 Å². The van der Waals surface area contributed by atoms with Crippen LogP contribution >= 0.6 is 0 Å². The molecule has 0 aliphatic heterocycles. The Hall–Kier alpha value is -1.63. The number of hydrogen-bond acceptors (Lipinski definition) is 6. The highest BCUT2D eigenvalue weighted by molar-refractivity contribution is 5.77. The number of carbonyl (C=O) groups is 1. The number of aromatic nitrogens is 2. The summed E-state index contributed by atoms with van der Waals surface area (Å²) in [6.07, 6.45) is 2.62. The van der Waals surface area contributed by atoms with E-state index >= 15 is 0 Å². The number of hydrogen-bond donors (Lipinski definition) is 3. The molecule has 7 heteroatoms. The van der Waals surface area contributed by atoms with Gasteiger partial charge in [-0.25, -0.2) is 0 Å². The fourth-order valence-electron chi connectivity index (χ4n) is 1.55. The molecule has 0 unspecified atom stereocenters. The van der Waals surface area contributed by atoms with Crippen LogP contribution in [0.1, 0.15) is 45.9 Å². The minimum Gasteiger partial charge on any atom is -0.407 e. The Morgan fingerprint density at radius 1 is 1.35 bits per heavy atom. The third-order valence-electron chi connectivity index (χ3n) is 2.81. The molecule has 0 saturated heterocycles. The largest absolute Gasteiger partial charge is 0.407 e. The van der Waals surface area contributed by atoms with Crippen LogP contribution in [-0.4, -0.2) is 34.2 Å². The maximum absolute atomic E-state index is 11.5. The van der Waals surface area contributed by atoms with Gasteiger partial charge < -0.3 is 20.4 Å². The third kappa shape index (κ3) is 5.56. The Labute approximate surface area is 118 Å². The summed E-state index contributed by atoms with van der Waals surface area (Å²) in [7, 11) is 0. The summed E-state index contributed by atoms with van der Waals surface area (Å²) in [6, 6.07) is 0.760. The number of carbonyl (C=O) groups excluding carboxylic acids is 1. The van der Waals surface area contributed by atoms with Crippen molar-refractivity contribution in [3.8, 4) is 0 Å². The highest BCUT2D eigenvalue weighted by atomic mass is 16.4. The smallest absolute Gasteiger partial charge is 0.315 e. The lowest BCUT2D eigenvalue weighted by atomic mass is 10.1. The summed E-state index contributed by atoms with van der Waals surface area (Å²) < 4.78 is 5.43. The number of nitrogens with zero attached hydrogens (tertiary/aromatic N) is 2. The highest BCUT2D eigenvalue weighted by Crippen LogP contribution is 2.18. The number of amides is 1. The van der Waals surface area contributed by atoms with Crippen LogP contribution in [0.3, 0.4) is 0 Å². The first-order valence-corrected chi connectivity index (χ1v) is 7.03. The molecule has 0 bridgehead atoms. The van der Waals surface area contributed by atoms with E-state index in [0.29, 0.717) is 37.5 Å². The van der Waals surface area contributed by atoms with Crippen molar-refractivity contribution in [2.24, 2.45) is 0 Å². The van der Waals surface area contributed by atoms with E-state index in [1.807, 2.05) is 0 Å². The van der Waals surface area contributed by atoms with E-state index in [9.17, 15) is 4.79 Å². The molecule has 3 N–H and O–H groups in total. The van der Waals surface area contributed by atoms with Crippen molar-refractivity contribution in [2.45, 2.75) is 58.2 Å². The van der Waals surface area contributed by atoms with Gasteiger partial charge in [0.05, 0.1) is 6.54 Å². The SMILES string of the molecule is CC(C)(C)NCc1nnc(NCCC(=O)NC2CC2)o1. The van der Waals surface area contributed by atoms with Gasteiger partial charge in [-0.1, -0.05) is 5.10 Å². The molecule has 0 radical (unpaired) electrons. The highest BCUT2D eigenvalue weighted by Gasteiger charge is 2.22. The summed E-state index contributed by atoms with van der Waals surface area (Å²) in [4.78, 5) is 11.5. The van der Waals surface area contributed by atoms with Gasteiger partial charge in [-0.2, -0.15) is 0 Å². The van der Waals surface area contributed by atoms with Gasteiger partial charge >= 0.3 is 6.01 Å². The van der Waals surface area contributed by atoms with Gasteiger partial charge in [-0.05, 0) is 33.6 Å². The predicted octanol–water partition coefficient (Wildman–Crippen LogP) is 1.04. The predicted molar refractivity (Wildman–Crippen MR) is 75.2 cm³/mol. The minimum absolute atomic E-state index is 0.00294. The van der Waals surface area contributed by atoms with Gasteiger partial charge in [0.15, 0.2) is 0 Å². The second kappa shape index (κ2) is 6.21. The number of rotatable bonds is 7. The fourth-order valence-corrected chi connectivity index (χ4v) is 1.55. The Morgan fingerprint density at radius 2 is 2.10 bits per heavy atom. The third-order valence-corrected chi connectivity index (χ3v) is 2.81. The molecule has 1 aliphatic carbocycles. The first kappa shape index (κ1) is 14.8. The summed E-state index contributed by atoms with van der Waals surface area (Å²) in [5.41, 5.74) is 0.00294. The van der Waals surface area contributed by atoms with E-state index in [1.165, 1.54) is 0 Å². The van der Waals surface area contributed by atoms with Crippen LogP contribution in [0.15, 0.2) is 4.42 Å². The number of nitrogens with one attached hydrogen (secondary N) is 3. The second-order valence-corrected chi connectivity index (χ2v) is 6.12. The summed E-state index contributed by atoms with van der Waals surface area (Å²) in [5, 5.41) is 17.0. The Bertz CT molecular complexity index is 448. The van der Waals surface area contributed by atoms with E-state index < -0.39 is 0 Å². The summed E-state index contributed by atoms with van der Waals surface area (Å²) >= 11 is 0. The summed E-state index contributed by atoms with van der Waals surface area (Å²) in [5.74, 6) is 0.596. The van der Waals surface area contributed by atoms with Crippen molar-refractivity contribution in [3.63, 3.8) is 0 Å². The first-order valence-electron chi connectivity index (χ1n) is 7.03. The van der Waals surface area contributed by atoms with E-state index in [4.69, 9.17) is 4.42 Å². The van der Waals surface area contributed by atoms with E-state index in [1.54, 1.807) is 0 Å². The molecule has 1 heterocycles. The van der Waals surface area contributed by atoms with Gasteiger partial charge in [0.2, 0.25) is 11.8 Å². The zero-order valence-corrected chi connectivity index (χ0v) is 12.3. The average Bonchev–Trinajstić information content (AvgIpc) is 3.03. The van der Waals surface area contributed by atoms with Crippen LogP contribution in [0.4, 0.5) is 6.01 Å². The maximum Gasteiger partial charge on any atom is 0.315 e. The zero-order chi connectivity index (χ0) is 14.6. The van der Waals surface area contributed by atoms with Crippen molar-refractivity contribution >= 4 is 11.9 Å². The minimum atomic E-state index is 0.00294. The van der Waals surface area contributed by atoms with Crippen LogP contribution < -0.4 is 16.0 Å². The quantitative estimate of drug-likeness (QED) is 0.691. The Kier molecular flexibility index (Phi) is 4.59. The molecule has 0 aromatic carbocycles. The lowest BCUT2D eigenvalue weighted by Gasteiger charge is -2.18. The van der Waals surface area contributed by atoms with Crippen LogP contribution in [0.2, 0.25) is 0 Å². The zero-order valence-electron chi connectivity index (χ0n) is 12.3. The van der Waals surface area contributed by atoms with Crippen molar-refractivity contribution in [3.05, 3.63) is 5.89 Å². The van der Waals surface area contributed by atoms with E-state index in [2.05, 4.69) is 46.9 Å². The molecule has 20 heavy (non-hydrogen) atoms. The molecule has 1 aliphatic rings. The molecule has 7 nitrogen and oxygen atoms in total. The maximum atomic E-state index is 11.5. The lowest BCUT2D eigenvalue weighted by Crippen LogP contribution is -2.35. The second-order valence-electron chi connectivity index (χ2n) is 6.12. The molecular weight excluding hydrogens is 258 g/mol. The van der Waals surface area contributed by atoms with Crippen LogP contribution in [0.5, 0.6) is 0 Å². The van der Waals surface area contributed by atoms with E-state index in [0.717, 1.165) is 12.8 Å². The standard InChI is InChI=1S/C13H23N5O2/c1-13(2,3)15-8-11-17-18-12(20-11)14-7-6-10(19)16-9-4-5-9/h9,15H,4-8H2,1-3H3,(H,14,18)(H,16,19). The molecule has 1 amide bonds. The van der Waals surface area contributed by atoms with Crippen molar-refractivity contribution in [1.29, 1.82) is 0 Å². The molecule has 2 rings (SSSR count). The Morgan fingerprint density at radius 3 is 2.75 bits per heavy atom. The topological polar surface area (TPSA) is 92.1 Å².